The molecule has 5 nitrogen and oxygen atoms in total. The van der Waals surface area contributed by atoms with Gasteiger partial charge in [0.05, 0.1) is 12.1 Å². The molecule has 122 valence electrons. The molecule has 0 bridgehead atoms. The highest BCUT2D eigenvalue weighted by Gasteiger charge is 2.36. The largest absolute Gasteiger partial charge is 0.444 e. The van der Waals surface area contributed by atoms with E-state index in [0.29, 0.717) is 26.1 Å². The number of carbonyl (C=O) groups is 1. The number of rotatable bonds is 3. The van der Waals surface area contributed by atoms with E-state index in [9.17, 15) is 9.90 Å². The SMILES string of the molecule is CC(C)(C)OC(=O)N1CCCC(O)(CNc2ccccc2)C1. The first-order valence-corrected chi connectivity index (χ1v) is 7.77. The maximum atomic E-state index is 12.1. The van der Waals surface area contributed by atoms with Crippen molar-refractivity contribution in [2.45, 2.75) is 44.8 Å². The van der Waals surface area contributed by atoms with Gasteiger partial charge in [0, 0.05) is 18.8 Å². The number of amides is 1. The number of piperidine rings is 1. The van der Waals surface area contributed by atoms with E-state index in [0.717, 1.165) is 12.1 Å². The number of nitrogens with one attached hydrogen (secondary N) is 1. The molecule has 1 heterocycles. The van der Waals surface area contributed by atoms with Crippen LogP contribution in [0.2, 0.25) is 0 Å². The second-order valence-electron chi connectivity index (χ2n) is 6.95. The van der Waals surface area contributed by atoms with Crippen LogP contribution in [0.15, 0.2) is 30.3 Å². The van der Waals surface area contributed by atoms with Crippen LogP contribution in [0.25, 0.3) is 0 Å². The maximum Gasteiger partial charge on any atom is 0.410 e. The lowest BCUT2D eigenvalue weighted by atomic mass is 9.93. The van der Waals surface area contributed by atoms with Crippen molar-refractivity contribution in [3.05, 3.63) is 30.3 Å². The van der Waals surface area contributed by atoms with E-state index < -0.39 is 11.2 Å². The van der Waals surface area contributed by atoms with Gasteiger partial charge in [-0.3, -0.25) is 0 Å². The van der Waals surface area contributed by atoms with Crippen molar-refractivity contribution in [3.63, 3.8) is 0 Å². The minimum Gasteiger partial charge on any atom is -0.444 e. The number of β-amino-alcohol motifs (C(OH)–C–C–N with tert-alkyl or cyclic N) is 1. The number of anilines is 1. The summed E-state index contributed by atoms with van der Waals surface area (Å²) in [5, 5.41) is 14.0. The van der Waals surface area contributed by atoms with Crippen LogP contribution in [0.3, 0.4) is 0 Å². The number of aliphatic hydroxyl groups is 1. The van der Waals surface area contributed by atoms with Gasteiger partial charge in [-0.1, -0.05) is 18.2 Å². The number of carbonyl (C=O) groups excluding carboxylic acids is 1. The lowest BCUT2D eigenvalue weighted by Gasteiger charge is -2.39. The van der Waals surface area contributed by atoms with Crippen LogP contribution in [0.1, 0.15) is 33.6 Å². The summed E-state index contributed by atoms with van der Waals surface area (Å²) in [6.45, 7) is 6.87. The monoisotopic (exact) mass is 306 g/mol. The first kappa shape index (κ1) is 16.6. The van der Waals surface area contributed by atoms with Gasteiger partial charge < -0.3 is 20.1 Å². The predicted molar refractivity (Wildman–Crippen MR) is 86.9 cm³/mol. The van der Waals surface area contributed by atoms with Crippen molar-refractivity contribution in [2.24, 2.45) is 0 Å². The zero-order valence-electron chi connectivity index (χ0n) is 13.6. The van der Waals surface area contributed by atoms with E-state index in [4.69, 9.17) is 4.74 Å². The third-order valence-corrected chi connectivity index (χ3v) is 3.60. The first-order valence-electron chi connectivity index (χ1n) is 7.77. The molecule has 1 amide bonds. The van der Waals surface area contributed by atoms with Gasteiger partial charge in [-0.05, 0) is 45.7 Å². The Hall–Kier alpha value is -1.75. The summed E-state index contributed by atoms with van der Waals surface area (Å²) in [4.78, 5) is 13.7. The molecule has 1 unspecified atom stereocenters. The minimum atomic E-state index is -0.926. The fourth-order valence-corrected chi connectivity index (χ4v) is 2.56. The predicted octanol–water partition coefficient (Wildman–Crippen LogP) is 2.86. The molecule has 2 rings (SSSR count). The van der Waals surface area contributed by atoms with E-state index in [1.165, 1.54) is 0 Å². The van der Waals surface area contributed by atoms with Gasteiger partial charge in [0.2, 0.25) is 0 Å². The van der Waals surface area contributed by atoms with E-state index in [1.807, 2.05) is 51.1 Å². The van der Waals surface area contributed by atoms with Gasteiger partial charge in [0.1, 0.15) is 5.60 Å². The van der Waals surface area contributed by atoms with Gasteiger partial charge in [-0.15, -0.1) is 0 Å². The Labute approximate surface area is 132 Å². The van der Waals surface area contributed by atoms with Gasteiger partial charge in [0.15, 0.2) is 0 Å². The highest BCUT2D eigenvalue weighted by atomic mass is 16.6. The lowest BCUT2D eigenvalue weighted by Crippen LogP contribution is -2.54. The topological polar surface area (TPSA) is 61.8 Å². The molecule has 0 aliphatic carbocycles. The van der Waals surface area contributed by atoms with Crippen molar-refractivity contribution in [1.29, 1.82) is 0 Å². The first-order chi connectivity index (χ1) is 10.3. The van der Waals surface area contributed by atoms with Crippen LogP contribution in [0.5, 0.6) is 0 Å². The van der Waals surface area contributed by atoms with Crippen LogP contribution in [-0.2, 0) is 4.74 Å². The fourth-order valence-electron chi connectivity index (χ4n) is 2.56. The van der Waals surface area contributed by atoms with Crippen LogP contribution in [0.4, 0.5) is 10.5 Å². The molecule has 1 aliphatic heterocycles. The van der Waals surface area contributed by atoms with Crippen molar-refractivity contribution in [2.75, 3.05) is 25.0 Å². The van der Waals surface area contributed by atoms with Crippen LogP contribution in [0, 0.1) is 0 Å². The average Bonchev–Trinajstić information content (AvgIpc) is 2.45. The second kappa shape index (κ2) is 6.57. The summed E-state index contributed by atoms with van der Waals surface area (Å²) in [6.07, 6.45) is 1.09. The molecule has 5 heteroatoms. The molecule has 1 aliphatic rings. The summed E-state index contributed by atoms with van der Waals surface area (Å²) in [5.41, 5.74) is -0.481. The summed E-state index contributed by atoms with van der Waals surface area (Å²) < 4.78 is 5.39. The quantitative estimate of drug-likeness (QED) is 0.901. The van der Waals surface area contributed by atoms with Gasteiger partial charge in [0.25, 0.3) is 0 Å². The van der Waals surface area contributed by atoms with E-state index >= 15 is 0 Å². The third-order valence-electron chi connectivity index (χ3n) is 3.60. The molecule has 0 saturated carbocycles. The van der Waals surface area contributed by atoms with E-state index in [2.05, 4.69) is 5.32 Å². The third kappa shape index (κ3) is 4.91. The smallest absolute Gasteiger partial charge is 0.410 e. The zero-order valence-corrected chi connectivity index (χ0v) is 13.6. The summed E-state index contributed by atoms with van der Waals surface area (Å²) in [5.74, 6) is 0. The number of nitrogens with zero attached hydrogens (tertiary/aromatic N) is 1. The van der Waals surface area contributed by atoms with Gasteiger partial charge >= 0.3 is 6.09 Å². The molecule has 0 spiro atoms. The number of likely N-dealkylation sites (tertiary alicyclic amines) is 1. The van der Waals surface area contributed by atoms with E-state index in [1.54, 1.807) is 4.90 Å². The summed E-state index contributed by atoms with van der Waals surface area (Å²) in [7, 11) is 0. The molecule has 1 saturated heterocycles. The highest BCUT2D eigenvalue weighted by molar-refractivity contribution is 5.68. The molecule has 1 aromatic rings. The Morgan fingerprint density at radius 2 is 2.05 bits per heavy atom. The van der Waals surface area contributed by atoms with Crippen molar-refractivity contribution in [3.8, 4) is 0 Å². The number of benzene rings is 1. The second-order valence-corrected chi connectivity index (χ2v) is 6.95. The Kier molecular flexibility index (Phi) is 4.96. The molecule has 1 fully saturated rings. The molecule has 2 N–H and O–H groups in total. The van der Waals surface area contributed by atoms with Gasteiger partial charge in [-0.2, -0.15) is 0 Å². The van der Waals surface area contributed by atoms with Crippen molar-refractivity contribution < 1.29 is 14.6 Å². The normalized spacial score (nSPS) is 22.3. The number of hydrogen-bond acceptors (Lipinski definition) is 4. The van der Waals surface area contributed by atoms with Crippen molar-refractivity contribution >= 4 is 11.8 Å². The zero-order chi connectivity index (χ0) is 16.2. The Morgan fingerprint density at radius 3 is 2.68 bits per heavy atom. The van der Waals surface area contributed by atoms with Crippen LogP contribution < -0.4 is 5.32 Å². The number of hydrogen-bond donors (Lipinski definition) is 2. The lowest BCUT2D eigenvalue weighted by molar-refractivity contribution is -0.0355. The molecular formula is C17H26N2O3. The molecular weight excluding hydrogens is 280 g/mol. The molecule has 0 aromatic heterocycles. The van der Waals surface area contributed by atoms with Crippen LogP contribution >= 0.6 is 0 Å². The summed E-state index contributed by atoms with van der Waals surface area (Å²) in [6, 6.07) is 9.75. The fraction of sp³-hybridized carbons (Fsp3) is 0.588. The molecule has 1 atom stereocenters. The molecule has 1 aromatic carbocycles. The van der Waals surface area contributed by atoms with E-state index in [-0.39, 0.29) is 6.09 Å². The number of ether oxygens (including phenoxy) is 1. The Balaban J connectivity index is 1.92. The average molecular weight is 306 g/mol. The standard InChI is InChI=1S/C17H26N2O3/c1-16(2,3)22-15(20)19-11-7-10-17(21,13-19)12-18-14-8-5-4-6-9-14/h4-6,8-9,18,21H,7,10-13H2,1-3H3. The van der Waals surface area contributed by atoms with Crippen molar-refractivity contribution in [1.82, 2.24) is 4.90 Å². The minimum absolute atomic E-state index is 0.293. The highest BCUT2D eigenvalue weighted by Crippen LogP contribution is 2.23. The Bertz CT molecular complexity index is 498. The molecule has 22 heavy (non-hydrogen) atoms. The maximum absolute atomic E-state index is 12.1. The van der Waals surface area contributed by atoms with Crippen LogP contribution in [-0.4, -0.2) is 46.9 Å². The summed E-state index contributed by atoms with van der Waals surface area (Å²) >= 11 is 0. The molecule has 0 radical (unpaired) electrons. The number of para-hydroxylation sites is 1. The van der Waals surface area contributed by atoms with Gasteiger partial charge in [-0.25, -0.2) is 4.79 Å². The Morgan fingerprint density at radius 1 is 1.36 bits per heavy atom.